The largest absolute Gasteiger partial charge is 0.544 e. The molecule has 0 aliphatic carbocycles. The predicted octanol–water partition coefficient (Wildman–Crippen LogP) is 4.19. The Labute approximate surface area is 198 Å². The van der Waals surface area contributed by atoms with Gasteiger partial charge in [-0.25, -0.2) is 0 Å². The molecular weight excluding hydrogens is 440 g/mol. The van der Waals surface area contributed by atoms with Gasteiger partial charge in [-0.3, -0.25) is 0 Å². The zero-order valence-corrected chi connectivity index (χ0v) is 22.8. The van der Waals surface area contributed by atoms with Gasteiger partial charge in [0.05, 0.1) is 26.4 Å². The van der Waals surface area contributed by atoms with Crippen molar-refractivity contribution in [1.82, 2.24) is 0 Å². The lowest BCUT2D eigenvalue weighted by atomic mass is 10.3. The molecule has 1 aromatic carbocycles. The first-order chi connectivity index (χ1) is 15.6. The molecule has 2 atom stereocenters. The number of ether oxygens (including phenoxy) is 4. The highest BCUT2D eigenvalue weighted by molar-refractivity contribution is 6.73. The van der Waals surface area contributed by atoms with Gasteiger partial charge in [-0.15, -0.1) is 0 Å². The van der Waals surface area contributed by atoms with Crippen molar-refractivity contribution in [2.24, 2.45) is 0 Å². The molecule has 2 aliphatic heterocycles. The van der Waals surface area contributed by atoms with Gasteiger partial charge < -0.3 is 27.8 Å². The Morgan fingerprint density at radius 3 is 1.94 bits per heavy atom. The number of rotatable bonds is 18. The Kier molecular flexibility index (Phi) is 14.4. The molecule has 2 saturated heterocycles. The van der Waals surface area contributed by atoms with E-state index in [9.17, 15) is 0 Å². The SMILES string of the molecule is CCCCO[SiH2]C.C[Si](CCCOCC1CO1)(CCCOCC1CO1)Oc1ccccc1. The van der Waals surface area contributed by atoms with Crippen molar-refractivity contribution < 1.29 is 27.8 Å². The lowest BCUT2D eigenvalue weighted by molar-refractivity contribution is 0.115. The lowest BCUT2D eigenvalue weighted by Crippen LogP contribution is -2.38. The van der Waals surface area contributed by atoms with Crippen LogP contribution in [0.25, 0.3) is 0 Å². The number of epoxide rings is 2. The smallest absolute Gasteiger partial charge is 0.248 e. The number of hydrogen-bond donors (Lipinski definition) is 0. The summed E-state index contributed by atoms with van der Waals surface area (Å²) < 4.78 is 33.4. The Hall–Kier alpha value is -0.746. The van der Waals surface area contributed by atoms with Crippen molar-refractivity contribution in [1.29, 1.82) is 0 Å². The van der Waals surface area contributed by atoms with E-state index in [4.69, 9.17) is 27.8 Å². The third-order valence-electron chi connectivity index (χ3n) is 5.35. The van der Waals surface area contributed by atoms with Crippen LogP contribution in [0.5, 0.6) is 5.75 Å². The molecule has 0 radical (unpaired) electrons. The van der Waals surface area contributed by atoms with Crippen LogP contribution in [0.1, 0.15) is 32.6 Å². The maximum absolute atomic E-state index is 6.46. The average Bonchev–Trinajstić information content (AvgIpc) is 3.71. The maximum atomic E-state index is 6.46. The predicted molar refractivity (Wildman–Crippen MR) is 134 cm³/mol. The highest BCUT2D eigenvalue weighted by Crippen LogP contribution is 2.25. The van der Waals surface area contributed by atoms with E-state index in [1.807, 2.05) is 30.3 Å². The summed E-state index contributed by atoms with van der Waals surface area (Å²) in [5.41, 5.74) is 0. The Balaban J connectivity index is 0.000000451. The van der Waals surface area contributed by atoms with Crippen molar-refractivity contribution in [2.75, 3.05) is 46.2 Å². The van der Waals surface area contributed by atoms with Gasteiger partial charge in [0.1, 0.15) is 18.0 Å². The summed E-state index contributed by atoms with van der Waals surface area (Å²) in [7, 11) is -1.94. The summed E-state index contributed by atoms with van der Waals surface area (Å²) >= 11 is 0. The van der Waals surface area contributed by atoms with Crippen molar-refractivity contribution >= 4 is 18.1 Å². The van der Waals surface area contributed by atoms with E-state index in [1.165, 1.54) is 12.8 Å². The molecule has 3 rings (SSSR count). The van der Waals surface area contributed by atoms with Crippen LogP contribution >= 0.6 is 0 Å². The fraction of sp³-hybridized carbons (Fsp3) is 0.750. The summed E-state index contributed by atoms with van der Waals surface area (Å²) in [6.45, 7) is 12.4. The Morgan fingerprint density at radius 1 is 0.906 bits per heavy atom. The van der Waals surface area contributed by atoms with Gasteiger partial charge in [0.2, 0.25) is 8.32 Å². The van der Waals surface area contributed by atoms with E-state index < -0.39 is 8.32 Å². The second-order valence-electron chi connectivity index (χ2n) is 8.68. The van der Waals surface area contributed by atoms with Gasteiger partial charge in [-0.05, 0) is 50.0 Å². The molecule has 2 aliphatic rings. The first-order valence-corrected chi connectivity index (χ1v) is 17.2. The number of hydrogen-bond acceptors (Lipinski definition) is 6. The van der Waals surface area contributed by atoms with E-state index >= 15 is 0 Å². The van der Waals surface area contributed by atoms with Crippen LogP contribution in [-0.2, 0) is 23.4 Å². The highest BCUT2D eigenvalue weighted by atomic mass is 28.4. The molecule has 1 aromatic rings. The maximum Gasteiger partial charge on any atom is 0.248 e. The van der Waals surface area contributed by atoms with Crippen LogP contribution in [0.3, 0.4) is 0 Å². The number of unbranched alkanes of at least 4 members (excludes halogenated alkanes) is 1. The Bertz CT molecular complexity index is 543. The average molecular weight is 485 g/mol. The molecule has 2 heterocycles. The van der Waals surface area contributed by atoms with Gasteiger partial charge in [-0.1, -0.05) is 38.1 Å². The minimum absolute atomic E-state index is 0.106. The number of benzene rings is 1. The monoisotopic (exact) mass is 484 g/mol. The summed E-state index contributed by atoms with van der Waals surface area (Å²) in [6, 6.07) is 12.4. The summed E-state index contributed by atoms with van der Waals surface area (Å²) in [5, 5.41) is 0. The van der Waals surface area contributed by atoms with Gasteiger partial charge >= 0.3 is 0 Å². The van der Waals surface area contributed by atoms with Crippen LogP contribution in [0.2, 0.25) is 25.2 Å². The van der Waals surface area contributed by atoms with Crippen molar-refractivity contribution in [3.8, 4) is 5.75 Å². The van der Waals surface area contributed by atoms with E-state index in [1.54, 1.807) is 0 Å². The van der Waals surface area contributed by atoms with Crippen LogP contribution in [0.4, 0.5) is 0 Å². The summed E-state index contributed by atoms with van der Waals surface area (Å²) in [5.74, 6) is 0.983. The first kappa shape index (κ1) is 27.5. The van der Waals surface area contributed by atoms with E-state index in [-0.39, 0.29) is 9.76 Å². The standard InChI is InChI=1S/C19H30O5Si.C5H14OSi/c1-25(24-17-7-3-2-4-8-17,11-5-9-20-13-18-15-22-18)12-6-10-21-14-19-16-23-19;1-3-4-5-6-7-2/h2-4,7-8,18-19H,5-6,9-16H2,1H3;3-5,7H2,1-2H3. The molecule has 2 unspecified atom stereocenters. The molecule has 0 amide bonds. The minimum Gasteiger partial charge on any atom is -0.544 e. The topological polar surface area (TPSA) is 62.0 Å². The fourth-order valence-corrected chi connectivity index (χ4v) is 6.68. The van der Waals surface area contributed by atoms with E-state index in [0.717, 1.165) is 76.9 Å². The molecule has 0 aromatic heterocycles. The third-order valence-corrected chi connectivity index (χ3v) is 9.60. The summed E-state index contributed by atoms with van der Waals surface area (Å²) in [6.07, 6.45) is 5.27. The molecule has 0 spiro atoms. The zero-order valence-electron chi connectivity index (χ0n) is 20.4. The van der Waals surface area contributed by atoms with Gasteiger partial charge in [-0.2, -0.15) is 0 Å². The molecule has 6 nitrogen and oxygen atoms in total. The summed E-state index contributed by atoms with van der Waals surface area (Å²) in [4.78, 5) is 0. The van der Waals surface area contributed by atoms with Gasteiger partial charge in [0.25, 0.3) is 0 Å². The van der Waals surface area contributed by atoms with Crippen molar-refractivity contribution in [3.63, 3.8) is 0 Å². The van der Waals surface area contributed by atoms with Crippen LogP contribution in [0.15, 0.2) is 30.3 Å². The van der Waals surface area contributed by atoms with E-state index in [0.29, 0.717) is 12.2 Å². The van der Waals surface area contributed by atoms with Crippen LogP contribution < -0.4 is 4.43 Å². The molecular formula is C24H44O6Si2. The lowest BCUT2D eigenvalue weighted by Gasteiger charge is -2.28. The molecule has 32 heavy (non-hydrogen) atoms. The van der Waals surface area contributed by atoms with Gasteiger partial charge in [0.15, 0.2) is 9.76 Å². The molecule has 0 N–H and O–H groups in total. The highest BCUT2D eigenvalue weighted by Gasteiger charge is 2.31. The van der Waals surface area contributed by atoms with Gasteiger partial charge in [0, 0.05) is 19.8 Å². The molecule has 2 fully saturated rings. The van der Waals surface area contributed by atoms with Crippen LogP contribution in [-0.4, -0.2) is 76.5 Å². The second-order valence-corrected chi connectivity index (χ2v) is 13.8. The third kappa shape index (κ3) is 14.4. The molecule has 184 valence electrons. The molecule has 0 bridgehead atoms. The number of para-hydroxylation sites is 1. The van der Waals surface area contributed by atoms with Crippen molar-refractivity contribution in [3.05, 3.63) is 30.3 Å². The second kappa shape index (κ2) is 16.8. The van der Waals surface area contributed by atoms with E-state index in [2.05, 4.69) is 20.0 Å². The Morgan fingerprint density at radius 2 is 1.47 bits per heavy atom. The fourth-order valence-electron chi connectivity index (χ4n) is 3.25. The quantitative estimate of drug-likeness (QED) is 0.177. The molecule has 0 saturated carbocycles. The first-order valence-electron chi connectivity index (χ1n) is 12.4. The van der Waals surface area contributed by atoms with Crippen molar-refractivity contribution in [2.45, 2.75) is 70.0 Å². The molecule has 8 heteroatoms. The normalized spacial score (nSPS) is 21.1. The van der Waals surface area contributed by atoms with Crippen LogP contribution in [0, 0.1) is 0 Å². The zero-order chi connectivity index (χ0) is 22.9. The minimum atomic E-state index is -1.84.